The number of hydrogen-bond acceptors (Lipinski definition) is 4. The third kappa shape index (κ3) is 3.55. The van der Waals surface area contributed by atoms with Gasteiger partial charge in [0.2, 0.25) is 0 Å². The zero-order chi connectivity index (χ0) is 14.5. The third-order valence-electron chi connectivity index (χ3n) is 3.68. The van der Waals surface area contributed by atoms with Crippen molar-refractivity contribution in [1.29, 1.82) is 0 Å². The quantitative estimate of drug-likeness (QED) is 0.938. The number of benzene rings is 1. The summed E-state index contributed by atoms with van der Waals surface area (Å²) >= 11 is 0. The van der Waals surface area contributed by atoms with Gasteiger partial charge in [-0.1, -0.05) is 6.07 Å². The Bertz CT molecular complexity index is 574. The van der Waals surface area contributed by atoms with Gasteiger partial charge in [0.25, 0.3) is 0 Å². The van der Waals surface area contributed by atoms with Gasteiger partial charge in [0.05, 0.1) is 25.2 Å². The third-order valence-corrected chi connectivity index (χ3v) is 3.68. The molecule has 2 heterocycles. The molecule has 0 saturated carbocycles. The molecular weight excluding hydrogens is 266 g/mol. The van der Waals surface area contributed by atoms with Gasteiger partial charge in [-0.3, -0.25) is 0 Å². The fraction of sp³-hybridized carbons (Fsp3) is 0.438. The van der Waals surface area contributed by atoms with Crippen LogP contribution in [0.5, 0.6) is 11.5 Å². The number of nitrogens with one attached hydrogen (secondary N) is 1. The summed E-state index contributed by atoms with van der Waals surface area (Å²) in [6.07, 6.45) is 7.45. The van der Waals surface area contributed by atoms with E-state index in [0.717, 1.165) is 36.7 Å². The largest absolute Gasteiger partial charge is 0.497 e. The van der Waals surface area contributed by atoms with Crippen molar-refractivity contribution >= 4 is 0 Å². The van der Waals surface area contributed by atoms with Crippen LogP contribution in [0.2, 0.25) is 0 Å². The van der Waals surface area contributed by atoms with Crippen molar-refractivity contribution in [3.8, 4) is 17.2 Å². The van der Waals surface area contributed by atoms with Crippen LogP contribution in [0.1, 0.15) is 19.3 Å². The van der Waals surface area contributed by atoms with E-state index in [1.807, 2.05) is 35.1 Å². The molecule has 1 unspecified atom stereocenters. The molecule has 2 aromatic rings. The van der Waals surface area contributed by atoms with Crippen molar-refractivity contribution in [2.75, 3.05) is 20.2 Å². The van der Waals surface area contributed by atoms with Crippen LogP contribution in [0.3, 0.4) is 0 Å². The van der Waals surface area contributed by atoms with E-state index in [4.69, 9.17) is 9.47 Å². The molecule has 0 aliphatic carbocycles. The Morgan fingerprint density at radius 2 is 2.24 bits per heavy atom. The molecule has 21 heavy (non-hydrogen) atoms. The maximum Gasteiger partial charge on any atom is 0.158 e. The number of ether oxygens (including phenoxy) is 2. The van der Waals surface area contributed by atoms with Crippen LogP contribution in [0.15, 0.2) is 36.7 Å². The number of nitrogens with zero attached hydrogens (tertiary/aromatic N) is 2. The molecule has 1 aliphatic heterocycles. The molecular formula is C16H21N3O2. The summed E-state index contributed by atoms with van der Waals surface area (Å²) in [5, 5.41) is 7.77. The molecule has 0 radical (unpaired) electrons. The fourth-order valence-corrected chi connectivity index (χ4v) is 2.54. The smallest absolute Gasteiger partial charge is 0.158 e. The lowest BCUT2D eigenvalue weighted by molar-refractivity contribution is 0.194. The fourth-order valence-electron chi connectivity index (χ4n) is 2.54. The second-order valence-electron chi connectivity index (χ2n) is 5.26. The van der Waals surface area contributed by atoms with Gasteiger partial charge < -0.3 is 14.8 Å². The first-order valence-corrected chi connectivity index (χ1v) is 7.41. The number of rotatable bonds is 4. The van der Waals surface area contributed by atoms with Gasteiger partial charge in [-0.2, -0.15) is 5.10 Å². The predicted molar refractivity (Wildman–Crippen MR) is 81.3 cm³/mol. The molecule has 1 aromatic carbocycles. The highest BCUT2D eigenvalue weighted by atomic mass is 16.5. The summed E-state index contributed by atoms with van der Waals surface area (Å²) in [7, 11) is 1.66. The Hall–Kier alpha value is -2.01. The molecule has 112 valence electrons. The van der Waals surface area contributed by atoms with Crippen molar-refractivity contribution in [3.05, 3.63) is 36.7 Å². The van der Waals surface area contributed by atoms with Crippen molar-refractivity contribution in [1.82, 2.24) is 15.1 Å². The van der Waals surface area contributed by atoms with Gasteiger partial charge in [0.1, 0.15) is 11.9 Å². The van der Waals surface area contributed by atoms with Crippen molar-refractivity contribution in [3.63, 3.8) is 0 Å². The molecule has 1 aromatic heterocycles. The molecule has 1 aliphatic rings. The molecule has 5 nitrogen and oxygen atoms in total. The lowest BCUT2D eigenvalue weighted by Crippen LogP contribution is -2.29. The van der Waals surface area contributed by atoms with Gasteiger partial charge in [-0.15, -0.1) is 0 Å². The second kappa shape index (κ2) is 6.63. The van der Waals surface area contributed by atoms with Crippen LogP contribution < -0.4 is 14.8 Å². The molecule has 0 amide bonds. The van der Waals surface area contributed by atoms with E-state index in [1.54, 1.807) is 13.3 Å². The summed E-state index contributed by atoms with van der Waals surface area (Å²) < 4.78 is 13.1. The molecule has 3 rings (SSSR count). The van der Waals surface area contributed by atoms with Crippen LogP contribution in [0.4, 0.5) is 0 Å². The normalized spacial score (nSPS) is 19.0. The minimum Gasteiger partial charge on any atom is -0.497 e. The maximum atomic E-state index is 6.02. The van der Waals surface area contributed by atoms with Gasteiger partial charge in [0.15, 0.2) is 5.75 Å². The first-order valence-electron chi connectivity index (χ1n) is 7.41. The number of methoxy groups -OCH3 is 1. The Kier molecular flexibility index (Phi) is 4.40. The summed E-state index contributed by atoms with van der Waals surface area (Å²) in [4.78, 5) is 0. The Balaban J connectivity index is 1.70. The van der Waals surface area contributed by atoms with Gasteiger partial charge >= 0.3 is 0 Å². The lowest BCUT2D eigenvalue weighted by Gasteiger charge is -2.15. The monoisotopic (exact) mass is 287 g/mol. The molecule has 1 N–H and O–H groups in total. The van der Waals surface area contributed by atoms with Gasteiger partial charge in [0, 0.05) is 12.6 Å². The summed E-state index contributed by atoms with van der Waals surface area (Å²) in [6.45, 7) is 1.99. The van der Waals surface area contributed by atoms with Gasteiger partial charge in [-0.25, -0.2) is 4.68 Å². The highest BCUT2D eigenvalue weighted by Gasteiger charge is 2.14. The Morgan fingerprint density at radius 3 is 3.14 bits per heavy atom. The van der Waals surface area contributed by atoms with Crippen LogP contribution in [-0.2, 0) is 0 Å². The number of hydrogen-bond donors (Lipinski definition) is 1. The topological polar surface area (TPSA) is 48.3 Å². The van der Waals surface area contributed by atoms with E-state index in [0.29, 0.717) is 0 Å². The van der Waals surface area contributed by atoms with Crippen molar-refractivity contribution < 1.29 is 9.47 Å². The first kappa shape index (κ1) is 13.9. The Labute approximate surface area is 124 Å². The van der Waals surface area contributed by atoms with Crippen LogP contribution in [-0.4, -0.2) is 36.1 Å². The zero-order valence-electron chi connectivity index (χ0n) is 12.3. The molecule has 1 atom stereocenters. The van der Waals surface area contributed by atoms with E-state index in [1.165, 1.54) is 12.8 Å². The van der Waals surface area contributed by atoms with E-state index >= 15 is 0 Å². The predicted octanol–water partition coefficient (Wildman–Crippen LogP) is 2.40. The standard InChI is InChI=1S/C16H21N3O2/c1-20-14-7-4-5-13(9-14)19-12-16(11-18-19)21-15-6-2-3-8-17-10-15/h4-5,7,9,11-12,15,17H,2-3,6,8,10H2,1H3. The SMILES string of the molecule is COc1cccc(-n2cc(OC3CCCCNC3)cn2)c1. The lowest BCUT2D eigenvalue weighted by atomic mass is 10.2. The first-order chi connectivity index (χ1) is 10.3. The van der Waals surface area contributed by atoms with Crippen LogP contribution in [0.25, 0.3) is 5.69 Å². The second-order valence-corrected chi connectivity index (χ2v) is 5.26. The van der Waals surface area contributed by atoms with E-state index in [9.17, 15) is 0 Å². The molecule has 0 spiro atoms. The summed E-state index contributed by atoms with van der Waals surface area (Å²) in [6, 6.07) is 7.81. The van der Waals surface area contributed by atoms with E-state index in [2.05, 4.69) is 10.4 Å². The molecule has 5 heteroatoms. The van der Waals surface area contributed by atoms with Gasteiger partial charge in [-0.05, 0) is 37.9 Å². The van der Waals surface area contributed by atoms with Crippen molar-refractivity contribution in [2.24, 2.45) is 0 Å². The highest BCUT2D eigenvalue weighted by molar-refractivity contribution is 5.39. The van der Waals surface area contributed by atoms with Crippen LogP contribution in [0, 0.1) is 0 Å². The average Bonchev–Trinajstić information content (AvgIpc) is 2.83. The zero-order valence-corrected chi connectivity index (χ0v) is 12.3. The van der Waals surface area contributed by atoms with E-state index in [-0.39, 0.29) is 6.10 Å². The average molecular weight is 287 g/mol. The molecule has 1 fully saturated rings. The minimum absolute atomic E-state index is 0.232. The Morgan fingerprint density at radius 1 is 1.29 bits per heavy atom. The van der Waals surface area contributed by atoms with Crippen LogP contribution >= 0.6 is 0 Å². The minimum atomic E-state index is 0.232. The highest BCUT2D eigenvalue weighted by Crippen LogP contribution is 2.20. The maximum absolute atomic E-state index is 6.02. The summed E-state index contributed by atoms with van der Waals surface area (Å²) in [5.41, 5.74) is 0.961. The molecule has 1 saturated heterocycles. The summed E-state index contributed by atoms with van der Waals surface area (Å²) in [5.74, 6) is 1.63. The van der Waals surface area contributed by atoms with E-state index < -0.39 is 0 Å². The van der Waals surface area contributed by atoms with Crippen molar-refractivity contribution in [2.45, 2.75) is 25.4 Å². The molecule has 0 bridgehead atoms. The number of aromatic nitrogens is 2.